The third-order valence-corrected chi connectivity index (χ3v) is 2.89. The summed E-state index contributed by atoms with van der Waals surface area (Å²) in [6, 6.07) is 8.22. The lowest BCUT2D eigenvalue weighted by molar-refractivity contribution is -0.120. The summed E-state index contributed by atoms with van der Waals surface area (Å²) in [6.45, 7) is 6.56. The Hall–Kier alpha value is -1.35. The van der Waals surface area contributed by atoms with Crippen LogP contribution in [0.4, 0.5) is 0 Å². The molecule has 6 nitrogen and oxygen atoms in total. The maximum absolute atomic E-state index is 11.6. The summed E-state index contributed by atoms with van der Waals surface area (Å²) in [5, 5.41) is 8.90. The van der Waals surface area contributed by atoms with Gasteiger partial charge in [0.05, 0.1) is 19.7 Å². The Bertz CT molecular complexity index is 495. The molecule has 1 amide bonds. The Morgan fingerprint density at radius 3 is 2.70 bits per heavy atom. The number of hydrogen-bond acceptors (Lipinski definition) is 3. The predicted molar refractivity (Wildman–Crippen MR) is 104 cm³/mol. The fourth-order valence-electron chi connectivity index (χ4n) is 1.84. The molecule has 1 aromatic rings. The highest BCUT2D eigenvalue weighted by molar-refractivity contribution is 14.0. The van der Waals surface area contributed by atoms with Crippen LogP contribution >= 0.6 is 24.0 Å². The lowest BCUT2D eigenvalue weighted by Crippen LogP contribution is -2.43. The normalized spacial score (nSPS) is 10.7. The van der Waals surface area contributed by atoms with Gasteiger partial charge in [0.1, 0.15) is 0 Å². The largest absolute Gasteiger partial charge is 0.383 e. The van der Waals surface area contributed by atoms with E-state index in [1.54, 1.807) is 7.11 Å². The molecular formula is C16H27IN4O2. The SMILES string of the molecule is CCNC(=NCc1cccc(C)c1)NCC(=O)NCCOC.I. The number of ether oxygens (including phenoxy) is 1. The summed E-state index contributed by atoms with van der Waals surface area (Å²) < 4.78 is 4.88. The number of amides is 1. The molecule has 0 aliphatic rings. The highest BCUT2D eigenvalue weighted by Gasteiger charge is 2.03. The Kier molecular flexibility index (Phi) is 12.4. The minimum atomic E-state index is -0.0850. The second kappa shape index (κ2) is 13.1. The minimum Gasteiger partial charge on any atom is -0.383 e. The van der Waals surface area contributed by atoms with Gasteiger partial charge in [0.25, 0.3) is 0 Å². The molecule has 0 saturated carbocycles. The van der Waals surface area contributed by atoms with Crippen LogP contribution in [0.5, 0.6) is 0 Å². The van der Waals surface area contributed by atoms with E-state index in [9.17, 15) is 4.79 Å². The maximum atomic E-state index is 11.6. The first-order valence-electron chi connectivity index (χ1n) is 7.49. The summed E-state index contributed by atoms with van der Waals surface area (Å²) in [5.74, 6) is 0.545. The number of nitrogens with zero attached hydrogens (tertiary/aromatic N) is 1. The van der Waals surface area contributed by atoms with Gasteiger partial charge in [0, 0.05) is 20.2 Å². The predicted octanol–water partition coefficient (Wildman–Crippen LogP) is 1.43. The second-order valence-corrected chi connectivity index (χ2v) is 4.88. The number of carbonyl (C=O) groups excluding carboxylic acids is 1. The molecule has 3 N–H and O–H groups in total. The third-order valence-electron chi connectivity index (χ3n) is 2.89. The first kappa shape index (κ1) is 21.6. The number of halogens is 1. The lowest BCUT2D eigenvalue weighted by Gasteiger charge is -2.11. The highest BCUT2D eigenvalue weighted by atomic mass is 127. The average Bonchev–Trinajstić information content (AvgIpc) is 2.50. The molecule has 0 bridgehead atoms. The van der Waals surface area contributed by atoms with Crippen LogP contribution < -0.4 is 16.0 Å². The van der Waals surface area contributed by atoms with Gasteiger partial charge in [-0.3, -0.25) is 4.79 Å². The molecule has 0 unspecified atom stereocenters. The van der Waals surface area contributed by atoms with Gasteiger partial charge in [-0.2, -0.15) is 0 Å². The van der Waals surface area contributed by atoms with Crippen LogP contribution in [0.15, 0.2) is 29.3 Å². The molecule has 0 saturated heterocycles. The van der Waals surface area contributed by atoms with Crippen molar-refractivity contribution in [3.63, 3.8) is 0 Å². The molecule has 0 atom stereocenters. The number of rotatable bonds is 8. The first-order valence-corrected chi connectivity index (χ1v) is 7.49. The molecule has 1 aromatic carbocycles. The van der Waals surface area contributed by atoms with E-state index < -0.39 is 0 Å². The number of aryl methyl sites for hydroxylation is 1. The van der Waals surface area contributed by atoms with Crippen LogP contribution in [0.1, 0.15) is 18.1 Å². The van der Waals surface area contributed by atoms with Crippen molar-refractivity contribution in [3.05, 3.63) is 35.4 Å². The number of hydrogen-bond donors (Lipinski definition) is 3. The summed E-state index contributed by atoms with van der Waals surface area (Å²) in [5.41, 5.74) is 2.35. The van der Waals surface area contributed by atoms with Crippen LogP contribution in [0.25, 0.3) is 0 Å². The van der Waals surface area contributed by atoms with Crippen molar-refractivity contribution in [2.24, 2.45) is 4.99 Å². The monoisotopic (exact) mass is 434 g/mol. The maximum Gasteiger partial charge on any atom is 0.239 e. The number of carbonyl (C=O) groups is 1. The quantitative estimate of drug-likeness (QED) is 0.251. The van der Waals surface area contributed by atoms with Gasteiger partial charge < -0.3 is 20.7 Å². The Morgan fingerprint density at radius 2 is 2.04 bits per heavy atom. The average molecular weight is 434 g/mol. The molecule has 0 radical (unpaired) electrons. The number of aliphatic imine (C=N–C) groups is 1. The molecule has 7 heteroatoms. The van der Waals surface area contributed by atoms with Gasteiger partial charge in [-0.05, 0) is 19.4 Å². The van der Waals surface area contributed by atoms with Gasteiger partial charge in [-0.1, -0.05) is 29.8 Å². The Balaban J connectivity index is 0.00000484. The Morgan fingerprint density at radius 1 is 1.26 bits per heavy atom. The molecule has 0 spiro atoms. The summed E-state index contributed by atoms with van der Waals surface area (Å²) in [6.07, 6.45) is 0. The highest BCUT2D eigenvalue weighted by Crippen LogP contribution is 2.04. The Labute approximate surface area is 155 Å². The van der Waals surface area contributed by atoms with Crippen molar-refractivity contribution in [1.29, 1.82) is 0 Å². The van der Waals surface area contributed by atoms with E-state index >= 15 is 0 Å². The second-order valence-electron chi connectivity index (χ2n) is 4.88. The molecule has 1 rings (SSSR count). The van der Waals surface area contributed by atoms with Gasteiger partial charge in [0.15, 0.2) is 5.96 Å². The van der Waals surface area contributed by atoms with Gasteiger partial charge in [-0.25, -0.2) is 4.99 Å². The molecular weight excluding hydrogens is 407 g/mol. The summed E-state index contributed by atoms with van der Waals surface area (Å²) >= 11 is 0. The fraction of sp³-hybridized carbons (Fsp3) is 0.500. The van der Waals surface area contributed by atoms with Crippen LogP contribution in [0.2, 0.25) is 0 Å². The van der Waals surface area contributed by atoms with Gasteiger partial charge in [-0.15, -0.1) is 24.0 Å². The van der Waals surface area contributed by atoms with Crippen molar-refractivity contribution in [1.82, 2.24) is 16.0 Å². The van der Waals surface area contributed by atoms with E-state index in [2.05, 4.69) is 40.0 Å². The first-order chi connectivity index (χ1) is 10.7. The molecule has 23 heavy (non-hydrogen) atoms. The van der Waals surface area contributed by atoms with Crippen molar-refractivity contribution < 1.29 is 9.53 Å². The molecule has 0 aliphatic carbocycles. The number of methoxy groups -OCH3 is 1. The smallest absolute Gasteiger partial charge is 0.239 e. The zero-order valence-electron chi connectivity index (χ0n) is 14.0. The van der Waals surface area contributed by atoms with Crippen LogP contribution in [-0.2, 0) is 16.1 Å². The van der Waals surface area contributed by atoms with Crippen molar-refractivity contribution in [2.75, 3.05) is 33.4 Å². The zero-order chi connectivity index (χ0) is 16.2. The molecule has 0 heterocycles. The fourth-order valence-corrected chi connectivity index (χ4v) is 1.84. The topological polar surface area (TPSA) is 74.8 Å². The summed E-state index contributed by atoms with van der Waals surface area (Å²) in [7, 11) is 1.60. The standard InChI is InChI=1S/C16H26N4O2.HI/c1-4-17-16(20-12-15(21)18-8-9-22-3)19-11-14-7-5-6-13(2)10-14;/h5-7,10H,4,8-9,11-12H2,1-3H3,(H,18,21)(H2,17,19,20);1H. The van der Waals surface area contributed by atoms with E-state index in [0.717, 1.165) is 12.1 Å². The minimum absolute atomic E-state index is 0. The van der Waals surface area contributed by atoms with E-state index in [-0.39, 0.29) is 36.4 Å². The molecule has 0 fully saturated rings. The van der Waals surface area contributed by atoms with E-state index in [1.165, 1.54) is 5.56 Å². The number of guanidine groups is 1. The number of benzene rings is 1. The molecule has 130 valence electrons. The van der Waals surface area contributed by atoms with Crippen molar-refractivity contribution >= 4 is 35.8 Å². The van der Waals surface area contributed by atoms with E-state index in [4.69, 9.17) is 4.74 Å². The zero-order valence-corrected chi connectivity index (χ0v) is 16.3. The van der Waals surface area contributed by atoms with Gasteiger partial charge >= 0.3 is 0 Å². The number of nitrogens with one attached hydrogen (secondary N) is 3. The summed E-state index contributed by atoms with van der Waals surface area (Å²) in [4.78, 5) is 16.1. The third kappa shape index (κ3) is 10.1. The van der Waals surface area contributed by atoms with E-state index in [1.807, 2.05) is 19.1 Å². The molecule has 0 aliphatic heterocycles. The van der Waals surface area contributed by atoms with E-state index in [0.29, 0.717) is 25.7 Å². The van der Waals surface area contributed by atoms with Crippen LogP contribution in [-0.4, -0.2) is 45.2 Å². The van der Waals surface area contributed by atoms with Crippen LogP contribution in [0, 0.1) is 6.92 Å². The van der Waals surface area contributed by atoms with Crippen LogP contribution in [0.3, 0.4) is 0 Å². The van der Waals surface area contributed by atoms with Gasteiger partial charge in [0.2, 0.25) is 5.91 Å². The molecule has 0 aromatic heterocycles. The van der Waals surface area contributed by atoms with Crippen molar-refractivity contribution in [2.45, 2.75) is 20.4 Å². The van der Waals surface area contributed by atoms with Crippen molar-refractivity contribution in [3.8, 4) is 0 Å². The lowest BCUT2D eigenvalue weighted by atomic mass is 10.1.